The van der Waals surface area contributed by atoms with E-state index in [2.05, 4.69) is 15.5 Å². The fraction of sp³-hybridized carbons (Fsp3) is 0.263. The van der Waals surface area contributed by atoms with Crippen LogP contribution in [0.5, 0.6) is 0 Å². The number of rotatable bonds is 5. The number of para-hydroxylation sites is 1. The quantitative estimate of drug-likeness (QED) is 0.718. The highest BCUT2D eigenvalue weighted by Gasteiger charge is 2.15. The molecule has 2 N–H and O–H groups in total. The molecule has 0 radical (unpaired) electrons. The molecule has 0 atom stereocenters. The molecule has 0 fully saturated rings. The molecule has 0 aliphatic carbocycles. The average molecular weight is 341 g/mol. The smallest absolute Gasteiger partial charge is 0.271 e. The maximum absolute atomic E-state index is 14.3. The molecule has 0 unspecified atom stereocenters. The third-order valence-corrected chi connectivity index (χ3v) is 4.10. The molecular formula is C19H20FN3O2. The monoisotopic (exact) mass is 341 g/mol. The predicted octanol–water partition coefficient (Wildman–Crippen LogP) is 4.48. The molecule has 130 valence electrons. The van der Waals surface area contributed by atoms with Gasteiger partial charge in [-0.15, -0.1) is 0 Å². The number of anilines is 2. The van der Waals surface area contributed by atoms with Crippen LogP contribution >= 0.6 is 0 Å². The van der Waals surface area contributed by atoms with Gasteiger partial charge in [0, 0.05) is 17.3 Å². The minimum atomic E-state index is -0.381. The fourth-order valence-electron chi connectivity index (χ4n) is 2.94. The number of hydrogen-bond donors (Lipinski definition) is 2. The number of H-pyrrole nitrogens is 1. The van der Waals surface area contributed by atoms with Gasteiger partial charge in [-0.3, -0.25) is 4.79 Å². The first-order valence-electron chi connectivity index (χ1n) is 8.21. The minimum absolute atomic E-state index is 0.278. The third-order valence-electron chi connectivity index (χ3n) is 4.10. The minimum Gasteiger partial charge on any atom is -0.361 e. The summed E-state index contributed by atoms with van der Waals surface area (Å²) in [5, 5.41) is 6.90. The average Bonchev–Trinajstić information content (AvgIpc) is 2.92. The van der Waals surface area contributed by atoms with Gasteiger partial charge in [0.05, 0.1) is 11.4 Å². The summed E-state index contributed by atoms with van der Waals surface area (Å²) in [6.07, 6.45) is 3.21. The van der Waals surface area contributed by atoms with Gasteiger partial charge in [-0.05, 0) is 38.0 Å². The first-order valence-corrected chi connectivity index (χ1v) is 8.21. The molecule has 0 spiro atoms. The van der Waals surface area contributed by atoms with Crippen molar-refractivity contribution in [2.24, 2.45) is 0 Å². The summed E-state index contributed by atoms with van der Waals surface area (Å²) in [5.74, 6) is 0.279. The Hall–Kier alpha value is -2.89. The number of aromatic nitrogens is 2. The van der Waals surface area contributed by atoms with Gasteiger partial charge >= 0.3 is 0 Å². The summed E-state index contributed by atoms with van der Waals surface area (Å²) in [7, 11) is 0. The second-order valence-electron chi connectivity index (χ2n) is 5.98. The summed E-state index contributed by atoms with van der Waals surface area (Å²) in [6.45, 7) is 5.67. The number of aromatic amines is 1. The van der Waals surface area contributed by atoms with E-state index >= 15 is 0 Å². The third kappa shape index (κ3) is 3.33. The van der Waals surface area contributed by atoms with E-state index in [9.17, 15) is 9.18 Å². The first kappa shape index (κ1) is 17.0. The lowest BCUT2D eigenvalue weighted by Gasteiger charge is -2.13. The predicted molar refractivity (Wildman–Crippen MR) is 95.7 cm³/mol. The van der Waals surface area contributed by atoms with Crippen molar-refractivity contribution < 1.29 is 8.91 Å². The van der Waals surface area contributed by atoms with Crippen LogP contribution in [0.3, 0.4) is 0 Å². The molecule has 1 aromatic carbocycles. The highest BCUT2D eigenvalue weighted by Crippen LogP contribution is 2.29. The van der Waals surface area contributed by atoms with Crippen molar-refractivity contribution in [1.82, 2.24) is 10.1 Å². The van der Waals surface area contributed by atoms with Gasteiger partial charge in [0.1, 0.15) is 17.3 Å². The first-order chi connectivity index (χ1) is 12.0. The number of aryl methyl sites for hydroxylation is 3. The number of nitrogens with one attached hydrogen (secondary N) is 2. The molecule has 3 aromatic rings. The molecule has 0 amide bonds. The van der Waals surface area contributed by atoms with Crippen molar-refractivity contribution in [3.05, 3.63) is 63.7 Å². The molecule has 0 aliphatic heterocycles. The second kappa shape index (κ2) is 6.93. The zero-order valence-corrected chi connectivity index (χ0v) is 14.4. The number of pyridine rings is 1. The highest BCUT2D eigenvalue weighted by atomic mass is 19.1. The van der Waals surface area contributed by atoms with Gasteiger partial charge in [-0.2, -0.15) is 0 Å². The summed E-state index contributed by atoms with van der Waals surface area (Å²) in [5.41, 5.74) is 3.44. The van der Waals surface area contributed by atoms with Gasteiger partial charge in [0.2, 0.25) is 0 Å². The molecule has 3 rings (SSSR count). The molecule has 0 aliphatic rings. The SMILES string of the molecule is CCCc1cccc(F)c1Nc1cc(-c2c(C)noc2C)c[nH]c1=O. The molecule has 2 heterocycles. The Bertz CT molecular complexity index is 940. The maximum atomic E-state index is 14.3. The maximum Gasteiger partial charge on any atom is 0.271 e. The van der Waals surface area contributed by atoms with E-state index in [1.54, 1.807) is 18.3 Å². The van der Waals surface area contributed by atoms with Gasteiger partial charge in [0.25, 0.3) is 5.56 Å². The lowest BCUT2D eigenvalue weighted by Crippen LogP contribution is -2.12. The molecular weight excluding hydrogens is 321 g/mol. The second-order valence-corrected chi connectivity index (χ2v) is 5.98. The van der Waals surface area contributed by atoms with Gasteiger partial charge in [-0.25, -0.2) is 4.39 Å². The normalized spacial score (nSPS) is 10.9. The van der Waals surface area contributed by atoms with Crippen LogP contribution in [0.2, 0.25) is 0 Å². The van der Waals surface area contributed by atoms with Crippen LogP contribution in [0, 0.1) is 19.7 Å². The Kier molecular flexibility index (Phi) is 4.70. The summed E-state index contributed by atoms with van der Waals surface area (Å²) in [6, 6.07) is 6.61. The molecule has 0 bridgehead atoms. The Morgan fingerprint density at radius 3 is 2.80 bits per heavy atom. The van der Waals surface area contributed by atoms with Gasteiger partial charge in [-0.1, -0.05) is 30.6 Å². The standard InChI is InChI=1S/C19H20FN3O2/c1-4-6-13-7-5-8-15(20)18(13)22-16-9-14(10-21-19(16)24)17-11(2)23-25-12(17)3/h5,7-10,22H,4,6H2,1-3H3,(H,21,24). The van der Waals surface area contributed by atoms with E-state index < -0.39 is 0 Å². The van der Waals surface area contributed by atoms with Crippen molar-refractivity contribution in [3.63, 3.8) is 0 Å². The number of nitrogens with zero attached hydrogens (tertiary/aromatic N) is 1. The summed E-state index contributed by atoms with van der Waals surface area (Å²) in [4.78, 5) is 14.9. The fourth-order valence-corrected chi connectivity index (χ4v) is 2.94. The van der Waals surface area contributed by atoms with E-state index in [1.807, 2.05) is 26.8 Å². The van der Waals surface area contributed by atoms with E-state index in [0.29, 0.717) is 11.4 Å². The summed E-state index contributed by atoms with van der Waals surface area (Å²) < 4.78 is 19.5. The van der Waals surface area contributed by atoms with Crippen molar-refractivity contribution >= 4 is 11.4 Å². The number of hydrogen-bond acceptors (Lipinski definition) is 4. The number of halogens is 1. The Morgan fingerprint density at radius 1 is 1.32 bits per heavy atom. The van der Waals surface area contributed by atoms with Crippen molar-refractivity contribution in [1.29, 1.82) is 0 Å². The lowest BCUT2D eigenvalue weighted by atomic mass is 10.1. The van der Waals surface area contributed by atoms with E-state index in [1.165, 1.54) is 6.07 Å². The van der Waals surface area contributed by atoms with Crippen LogP contribution in [0.15, 0.2) is 39.8 Å². The molecule has 6 heteroatoms. The zero-order valence-electron chi connectivity index (χ0n) is 14.4. The molecule has 0 saturated carbocycles. The van der Waals surface area contributed by atoms with Crippen LogP contribution in [-0.4, -0.2) is 10.1 Å². The molecule has 25 heavy (non-hydrogen) atoms. The Morgan fingerprint density at radius 2 is 2.12 bits per heavy atom. The molecule has 0 saturated heterocycles. The molecule has 5 nitrogen and oxygen atoms in total. The van der Waals surface area contributed by atoms with Gasteiger partial charge in [0.15, 0.2) is 0 Å². The van der Waals surface area contributed by atoms with Crippen molar-refractivity contribution in [2.75, 3.05) is 5.32 Å². The largest absolute Gasteiger partial charge is 0.361 e. The van der Waals surface area contributed by atoms with Crippen LogP contribution in [-0.2, 0) is 6.42 Å². The zero-order chi connectivity index (χ0) is 18.0. The number of benzene rings is 1. The lowest BCUT2D eigenvalue weighted by molar-refractivity contribution is 0.393. The van der Waals surface area contributed by atoms with Crippen molar-refractivity contribution in [2.45, 2.75) is 33.6 Å². The van der Waals surface area contributed by atoms with E-state index in [-0.39, 0.29) is 17.1 Å². The van der Waals surface area contributed by atoms with Crippen LogP contribution < -0.4 is 10.9 Å². The van der Waals surface area contributed by atoms with Crippen LogP contribution in [0.4, 0.5) is 15.8 Å². The Balaban J connectivity index is 2.05. The van der Waals surface area contributed by atoms with E-state index in [4.69, 9.17) is 4.52 Å². The van der Waals surface area contributed by atoms with E-state index in [0.717, 1.165) is 35.2 Å². The van der Waals surface area contributed by atoms with Crippen LogP contribution in [0.1, 0.15) is 30.4 Å². The summed E-state index contributed by atoms with van der Waals surface area (Å²) >= 11 is 0. The van der Waals surface area contributed by atoms with Gasteiger partial charge < -0.3 is 14.8 Å². The molecule has 2 aromatic heterocycles. The van der Waals surface area contributed by atoms with Crippen molar-refractivity contribution in [3.8, 4) is 11.1 Å². The van der Waals surface area contributed by atoms with Crippen LogP contribution in [0.25, 0.3) is 11.1 Å². The Labute approximate surface area is 144 Å². The topological polar surface area (TPSA) is 70.9 Å². The highest BCUT2D eigenvalue weighted by molar-refractivity contribution is 5.72.